The molecular weight excluding hydrogens is 240 g/mol. The molecule has 1 amide bonds. The monoisotopic (exact) mass is 254 g/mol. The molecule has 1 aromatic carbocycles. The highest BCUT2D eigenvalue weighted by molar-refractivity contribution is 5.95. The molecule has 0 saturated heterocycles. The van der Waals surface area contributed by atoms with Crippen LogP contribution < -0.4 is 11.5 Å². The van der Waals surface area contributed by atoms with Crippen molar-refractivity contribution in [2.24, 2.45) is 5.73 Å². The number of carbonyl (C=O) groups is 2. The number of ether oxygens (including phenoxy) is 1. The van der Waals surface area contributed by atoms with Gasteiger partial charge in [0.1, 0.15) is 6.10 Å². The smallest absolute Gasteiger partial charge is 0.339 e. The molecule has 0 saturated carbocycles. The second-order valence-electron chi connectivity index (χ2n) is 3.63. The van der Waals surface area contributed by atoms with Gasteiger partial charge in [0.15, 0.2) is 6.10 Å². The quantitative estimate of drug-likeness (QED) is 0.399. The zero-order valence-electron chi connectivity index (χ0n) is 9.66. The Labute approximate surface area is 103 Å². The maximum absolute atomic E-state index is 11.3. The van der Waals surface area contributed by atoms with Crippen molar-refractivity contribution in [2.45, 2.75) is 12.2 Å². The molecule has 0 spiro atoms. The fourth-order valence-corrected chi connectivity index (χ4v) is 1.40. The average Bonchev–Trinajstić information content (AvgIpc) is 2.35. The van der Waals surface area contributed by atoms with E-state index in [1.807, 2.05) is 0 Å². The predicted molar refractivity (Wildman–Crippen MR) is 62.4 cm³/mol. The minimum Gasteiger partial charge on any atom is -0.465 e. The summed E-state index contributed by atoms with van der Waals surface area (Å²) in [6.45, 7) is 0. The molecule has 0 fully saturated rings. The number of hydrogen-bond acceptors (Lipinski definition) is 6. The molecule has 7 nitrogen and oxygen atoms in total. The number of hydrogen-bond donors (Lipinski definition) is 4. The van der Waals surface area contributed by atoms with Crippen molar-refractivity contribution in [2.75, 3.05) is 12.8 Å². The Kier molecular flexibility index (Phi) is 4.24. The Balaban J connectivity index is 3.04. The fraction of sp³-hybridized carbons (Fsp3) is 0.273. The number of amides is 1. The highest BCUT2D eigenvalue weighted by atomic mass is 16.5. The Bertz CT molecular complexity index is 475. The number of methoxy groups -OCH3 is 1. The second-order valence-corrected chi connectivity index (χ2v) is 3.63. The zero-order valence-corrected chi connectivity index (χ0v) is 9.66. The van der Waals surface area contributed by atoms with Gasteiger partial charge in [-0.15, -0.1) is 0 Å². The van der Waals surface area contributed by atoms with E-state index in [9.17, 15) is 19.8 Å². The molecule has 0 radical (unpaired) electrons. The van der Waals surface area contributed by atoms with Crippen molar-refractivity contribution in [1.82, 2.24) is 0 Å². The average molecular weight is 254 g/mol. The van der Waals surface area contributed by atoms with Gasteiger partial charge in [0, 0.05) is 5.69 Å². The number of anilines is 1. The summed E-state index contributed by atoms with van der Waals surface area (Å²) >= 11 is 0. The number of nitrogens with two attached hydrogens (primary N) is 2. The normalized spacial score (nSPS) is 13.7. The minimum absolute atomic E-state index is 0.0649. The first-order valence-electron chi connectivity index (χ1n) is 5.01. The molecule has 0 bridgehead atoms. The lowest BCUT2D eigenvalue weighted by atomic mass is 10.0. The van der Waals surface area contributed by atoms with E-state index in [1.165, 1.54) is 25.3 Å². The van der Waals surface area contributed by atoms with Crippen LogP contribution >= 0.6 is 0 Å². The van der Waals surface area contributed by atoms with E-state index in [2.05, 4.69) is 4.74 Å². The first-order valence-corrected chi connectivity index (χ1v) is 5.01. The van der Waals surface area contributed by atoms with Crippen LogP contribution in [-0.4, -0.2) is 35.3 Å². The fourth-order valence-electron chi connectivity index (χ4n) is 1.40. The molecule has 0 aliphatic heterocycles. The summed E-state index contributed by atoms with van der Waals surface area (Å²) in [5, 5.41) is 19.0. The SMILES string of the molecule is COC(=O)c1ccc(C(O)C(O)C(N)=O)cc1N. The first kappa shape index (κ1) is 13.9. The van der Waals surface area contributed by atoms with Crippen molar-refractivity contribution in [3.63, 3.8) is 0 Å². The molecule has 98 valence electrons. The molecule has 18 heavy (non-hydrogen) atoms. The number of aliphatic hydroxyl groups excluding tert-OH is 2. The molecule has 7 heteroatoms. The molecule has 6 N–H and O–H groups in total. The molecule has 1 rings (SSSR count). The van der Waals surface area contributed by atoms with Crippen LogP contribution in [0.15, 0.2) is 18.2 Å². The van der Waals surface area contributed by atoms with Gasteiger partial charge in [-0.05, 0) is 17.7 Å². The van der Waals surface area contributed by atoms with Gasteiger partial charge in [-0.3, -0.25) is 4.79 Å². The second kappa shape index (κ2) is 5.48. The number of aliphatic hydroxyl groups is 2. The third-order valence-electron chi connectivity index (χ3n) is 2.41. The minimum atomic E-state index is -1.74. The van der Waals surface area contributed by atoms with Gasteiger partial charge in [-0.25, -0.2) is 4.79 Å². The number of primary amides is 1. The van der Waals surface area contributed by atoms with Crippen molar-refractivity contribution < 1.29 is 24.5 Å². The largest absolute Gasteiger partial charge is 0.465 e. The maximum atomic E-state index is 11.3. The highest BCUT2D eigenvalue weighted by Gasteiger charge is 2.24. The van der Waals surface area contributed by atoms with E-state index in [-0.39, 0.29) is 16.8 Å². The van der Waals surface area contributed by atoms with E-state index in [1.54, 1.807) is 0 Å². The van der Waals surface area contributed by atoms with Crippen LogP contribution in [0.25, 0.3) is 0 Å². The van der Waals surface area contributed by atoms with E-state index in [4.69, 9.17) is 11.5 Å². The lowest BCUT2D eigenvalue weighted by Gasteiger charge is -2.16. The Hall–Kier alpha value is -2.12. The predicted octanol–water partition coefficient (Wildman–Crippen LogP) is -1.06. The molecular formula is C11H14N2O5. The number of nitrogen functional groups attached to an aromatic ring is 1. The van der Waals surface area contributed by atoms with Crippen LogP contribution in [-0.2, 0) is 9.53 Å². The summed E-state index contributed by atoms with van der Waals surface area (Å²) in [6, 6.07) is 3.94. The van der Waals surface area contributed by atoms with Crippen molar-refractivity contribution in [1.29, 1.82) is 0 Å². The van der Waals surface area contributed by atoms with Gasteiger partial charge >= 0.3 is 5.97 Å². The Morgan fingerprint density at radius 1 is 1.33 bits per heavy atom. The van der Waals surface area contributed by atoms with E-state index < -0.39 is 24.1 Å². The van der Waals surface area contributed by atoms with Gasteiger partial charge in [0.25, 0.3) is 0 Å². The van der Waals surface area contributed by atoms with Gasteiger partial charge in [0.05, 0.1) is 12.7 Å². The van der Waals surface area contributed by atoms with Crippen LogP contribution in [0.3, 0.4) is 0 Å². The van der Waals surface area contributed by atoms with Crippen LogP contribution in [0, 0.1) is 0 Å². The van der Waals surface area contributed by atoms with E-state index in [0.717, 1.165) is 0 Å². The summed E-state index contributed by atoms with van der Waals surface area (Å²) in [4.78, 5) is 22.0. The Morgan fingerprint density at radius 2 is 1.94 bits per heavy atom. The van der Waals surface area contributed by atoms with E-state index >= 15 is 0 Å². The van der Waals surface area contributed by atoms with E-state index in [0.29, 0.717) is 0 Å². The van der Waals surface area contributed by atoms with Gasteiger partial charge < -0.3 is 26.4 Å². The first-order chi connectivity index (χ1) is 8.38. The number of benzene rings is 1. The van der Waals surface area contributed by atoms with Crippen molar-refractivity contribution >= 4 is 17.6 Å². The van der Waals surface area contributed by atoms with Crippen molar-refractivity contribution in [3.05, 3.63) is 29.3 Å². The molecule has 2 unspecified atom stereocenters. The molecule has 1 aromatic rings. The highest BCUT2D eigenvalue weighted by Crippen LogP contribution is 2.22. The summed E-state index contributed by atoms with van der Waals surface area (Å²) in [6.07, 6.45) is -3.25. The van der Waals surface area contributed by atoms with Gasteiger partial charge in [-0.1, -0.05) is 6.07 Å². The number of esters is 1. The van der Waals surface area contributed by atoms with Gasteiger partial charge in [0.2, 0.25) is 5.91 Å². The van der Waals surface area contributed by atoms with Crippen molar-refractivity contribution in [3.8, 4) is 0 Å². The van der Waals surface area contributed by atoms with Crippen LogP contribution in [0.4, 0.5) is 5.69 Å². The van der Waals surface area contributed by atoms with Crippen LogP contribution in [0.5, 0.6) is 0 Å². The lowest BCUT2D eigenvalue weighted by molar-refractivity contribution is -0.131. The lowest BCUT2D eigenvalue weighted by Crippen LogP contribution is -2.33. The van der Waals surface area contributed by atoms with Crippen LogP contribution in [0.2, 0.25) is 0 Å². The van der Waals surface area contributed by atoms with Crippen LogP contribution in [0.1, 0.15) is 22.0 Å². The standard InChI is InChI=1S/C11H14N2O5/c1-18-11(17)6-3-2-5(4-7(6)12)8(14)9(15)10(13)16/h2-4,8-9,14-15H,12H2,1H3,(H2,13,16). The topological polar surface area (TPSA) is 136 Å². The third kappa shape index (κ3) is 2.76. The molecule has 0 aromatic heterocycles. The summed E-state index contributed by atoms with van der Waals surface area (Å²) < 4.78 is 4.50. The molecule has 0 aliphatic carbocycles. The Morgan fingerprint density at radius 3 is 2.39 bits per heavy atom. The number of rotatable bonds is 4. The summed E-state index contributed by atoms with van der Waals surface area (Å²) in [5.74, 6) is -1.68. The third-order valence-corrected chi connectivity index (χ3v) is 2.41. The zero-order chi connectivity index (χ0) is 13.9. The molecule has 2 atom stereocenters. The summed E-state index contributed by atoms with van der Waals surface area (Å²) in [5.41, 5.74) is 10.8. The maximum Gasteiger partial charge on any atom is 0.339 e. The number of carbonyl (C=O) groups excluding carboxylic acids is 2. The van der Waals surface area contributed by atoms with Gasteiger partial charge in [-0.2, -0.15) is 0 Å². The molecule has 0 aliphatic rings. The summed E-state index contributed by atoms with van der Waals surface area (Å²) in [7, 11) is 1.21. The molecule has 0 heterocycles.